The highest BCUT2D eigenvalue weighted by Crippen LogP contribution is 2.38. The molecule has 0 aromatic rings. The molecule has 1 aliphatic carbocycles. The molecule has 0 bridgehead atoms. The van der Waals surface area contributed by atoms with Gasteiger partial charge in [0.05, 0.1) is 46.1 Å². The van der Waals surface area contributed by atoms with E-state index in [4.69, 9.17) is 18.5 Å². The molecule has 0 radical (unpaired) electrons. The SMILES string of the molecule is CCCCCC/C=C\CCCCCCCCCC(=O)O[C@H](COC(=O)CCC/C=C/C[C@@H]1[C@@H](/C=C/[C@@H](O)CCCCC)[C@H](O)C[C@@H]1O)COP(=O)([O-])OCC[N+](C)(C)C. The smallest absolute Gasteiger partial charge is 0.306 e. The summed E-state index contributed by atoms with van der Waals surface area (Å²) < 4.78 is 33.9. The first-order valence-corrected chi connectivity index (χ1v) is 24.4. The molecule has 1 rings (SSSR count). The van der Waals surface area contributed by atoms with Crippen LogP contribution in [0.2, 0.25) is 0 Å². The van der Waals surface area contributed by atoms with E-state index in [1.807, 2.05) is 39.4 Å². The molecule has 13 heteroatoms. The molecule has 1 saturated carbocycles. The van der Waals surface area contributed by atoms with Crippen molar-refractivity contribution in [3.05, 3.63) is 36.5 Å². The Morgan fingerprint density at radius 3 is 1.98 bits per heavy atom. The number of quaternary nitrogens is 1. The van der Waals surface area contributed by atoms with Crippen LogP contribution in [0, 0.1) is 11.8 Å². The number of unbranched alkanes of at least 4 members (excludes halogenated alkanes) is 14. The van der Waals surface area contributed by atoms with E-state index in [0.717, 1.165) is 44.9 Å². The van der Waals surface area contributed by atoms with E-state index in [-0.39, 0.29) is 37.9 Å². The van der Waals surface area contributed by atoms with Gasteiger partial charge in [0.1, 0.15) is 19.8 Å². The predicted octanol–water partition coefficient (Wildman–Crippen LogP) is 8.66. The molecule has 7 atom stereocenters. The second-order valence-corrected chi connectivity index (χ2v) is 18.8. The van der Waals surface area contributed by atoms with Crippen molar-refractivity contribution in [2.75, 3.05) is 47.5 Å². The highest BCUT2D eigenvalue weighted by Gasteiger charge is 2.39. The molecule has 59 heavy (non-hydrogen) atoms. The summed E-state index contributed by atoms with van der Waals surface area (Å²) in [4.78, 5) is 37.8. The number of phosphoric ester groups is 1. The van der Waals surface area contributed by atoms with Crippen molar-refractivity contribution >= 4 is 19.8 Å². The topological polar surface area (TPSA) is 172 Å². The number of carbonyl (C=O) groups excluding carboxylic acids is 2. The van der Waals surface area contributed by atoms with Gasteiger partial charge in [0, 0.05) is 25.2 Å². The van der Waals surface area contributed by atoms with E-state index in [9.17, 15) is 34.4 Å². The summed E-state index contributed by atoms with van der Waals surface area (Å²) in [6, 6.07) is 0. The van der Waals surface area contributed by atoms with Crippen molar-refractivity contribution < 1.29 is 57.4 Å². The van der Waals surface area contributed by atoms with E-state index in [2.05, 4.69) is 26.0 Å². The number of hydrogen-bond acceptors (Lipinski definition) is 11. The van der Waals surface area contributed by atoms with Crippen molar-refractivity contribution in [1.29, 1.82) is 0 Å². The number of aliphatic hydroxyl groups excluding tert-OH is 3. The van der Waals surface area contributed by atoms with Gasteiger partial charge < -0.3 is 43.2 Å². The van der Waals surface area contributed by atoms with Crippen LogP contribution in [0.1, 0.15) is 162 Å². The Bertz CT molecular complexity index is 1220. The molecule has 1 fully saturated rings. The van der Waals surface area contributed by atoms with Gasteiger partial charge in [-0.15, -0.1) is 0 Å². The molecular weight excluding hydrogens is 773 g/mol. The van der Waals surface area contributed by atoms with Gasteiger partial charge in [0.25, 0.3) is 7.82 Å². The van der Waals surface area contributed by atoms with Gasteiger partial charge in [0.2, 0.25) is 0 Å². The Balaban J connectivity index is 2.49. The Morgan fingerprint density at radius 2 is 1.32 bits per heavy atom. The maximum absolute atomic E-state index is 12.7. The van der Waals surface area contributed by atoms with Gasteiger partial charge in [-0.1, -0.05) is 121 Å². The first-order chi connectivity index (χ1) is 28.2. The van der Waals surface area contributed by atoms with Gasteiger partial charge in [-0.2, -0.15) is 0 Å². The van der Waals surface area contributed by atoms with Crippen LogP contribution in [0.4, 0.5) is 0 Å². The number of likely N-dealkylation sites (N-methyl/N-ethyl adjacent to an activating group) is 1. The zero-order chi connectivity index (χ0) is 43.8. The third-order valence-corrected chi connectivity index (χ3v) is 11.7. The van der Waals surface area contributed by atoms with Crippen LogP contribution in [-0.2, 0) is 32.7 Å². The summed E-state index contributed by atoms with van der Waals surface area (Å²) in [6.07, 6.45) is 29.8. The highest BCUT2D eigenvalue weighted by molar-refractivity contribution is 7.45. The Hall–Kier alpha value is -1.89. The molecule has 0 aromatic carbocycles. The summed E-state index contributed by atoms with van der Waals surface area (Å²) in [5.74, 6) is -1.44. The van der Waals surface area contributed by atoms with Crippen LogP contribution < -0.4 is 4.89 Å². The third kappa shape index (κ3) is 30.7. The van der Waals surface area contributed by atoms with Crippen molar-refractivity contribution in [3.63, 3.8) is 0 Å². The normalized spacial score (nSPS) is 20.8. The molecule has 0 aliphatic heterocycles. The number of aliphatic hydroxyl groups is 3. The van der Waals surface area contributed by atoms with Crippen LogP contribution in [-0.4, -0.2) is 104 Å². The summed E-state index contributed by atoms with van der Waals surface area (Å²) >= 11 is 0. The molecule has 0 amide bonds. The molecule has 0 saturated heterocycles. The molecule has 0 heterocycles. The molecule has 1 unspecified atom stereocenters. The van der Waals surface area contributed by atoms with Crippen LogP contribution in [0.25, 0.3) is 0 Å². The maximum atomic E-state index is 12.7. The number of phosphoric acid groups is 1. The lowest BCUT2D eigenvalue weighted by Crippen LogP contribution is -2.37. The largest absolute Gasteiger partial charge is 0.756 e. The Labute approximate surface area is 358 Å². The molecule has 344 valence electrons. The van der Waals surface area contributed by atoms with Gasteiger partial charge >= 0.3 is 11.9 Å². The average Bonchev–Trinajstić information content (AvgIpc) is 3.44. The molecule has 12 nitrogen and oxygen atoms in total. The Kier molecular flexibility index (Phi) is 31.5. The minimum Gasteiger partial charge on any atom is -0.756 e. The number of allylic oxidation sites excluding steroid dienone is 4. The third-order valence-electron chi connectivity index (χ3n) is 10.7. The van der Waals surface area contributed by atoms with Gasteiger partial charge in [-0.3, -0.25) is 14.2 Å². The highest BCUT2D eigenvalue weighted by atomic mass is 31.2. The van der Waals surface area contributed by atoms with Crippen LogP contribution in [0.5, 0.6) is 0 Å². The van der Waals surface area contributed by atoms with Crippen molar-refractivity contribution in [2.45, 2.75) is 186 Å². The zero-order valence-electron chi connectivity index (χ0n) is 37.5. The van der Waals surface area contributed by atoms with Crippen molar-refractivity contribution in [2.24, 2.45) is 11.8 Å². The minimum atomic E-state index is -4.69. The number of carbonyl (C=O) groups is 2. The molecular formula is C46H84NO11P. The molecule has 1 aliphatic rings. The van der Waals surface area contributed by atoms with Gasteiger partial charge in [-0.05, 0) is 63.7 Å². The lowest BCUT2D eigenvalue weighted by molar-refractivity contribution is -0.870. The van der Waals surface area contributed by atoms with Crippen molar-refractivity contribution in [1.82, 2.24) is 0 Å². The molecule has 3 N–H and O–H groups in total. The number of hydrogen-bond donors (Lipinski definition) is 3. The van der Waals surface area contributed by atoms with Gasteiger partial charge in [-0.25, -0.2) is 0 Å². The zero-order valence-corrected chi connectivity index (χ0v) is 38.4. The fourth-order valence-corrected chi connectivity index (χ4v) is 7.72. The van der Waals surface area contributed by atoms with Crippen molar-refractivity contribution in [3.8, 4) is 0 Å². The number of esters is 2. The first kappa shape index (κ1) is 55.1. The average molecular weight is 858 g/mol. The fraction of sp³-hybridized carbons (Fsp3) is 0.826. The summed E-state index contributed by atoms with van der Waals surface area (Å²) in [6.45, 7) is 3.83. The van der Waals surface area contributed by atoms with E-state index >= 15 is 0 Å². The number of nitrogens with zero attached hydrogens (tertiary/aromatic N) is 1. The first-order valence-electron chi connectivity index (χ1n) is 23.0. The Morgan fingerprint density at radius 1 is 0.746 bits per heavy atom. The predicted molar refractivity (Wildman–Crippen MR) is 233 cm³/mol. The molecule has 0 spiro atoms. The van der Waals surface area contributed by atoms with Crippen LogP contribution in [0.3, 0.4) is 0 Å². The second kappa shape index (κ2) is 33.7. The summed E-state index contributed by atoms with van der Waals surface area (Å²) in [7, 11) is 1.03. The summed E-state index contributed by atoms with van der Waals surface area (Å²) in [5, 5.41) is 31.3. The van der Waals surface area contributed by atoms with Gasteiger partial charge in [0.15, 0.2) is 6.10 Å². The molecule has 0 aromatic heterocycles. The van der Waals surface area contributed by atoms with Crippen LogP contribution >= 0.6 is 7.82 Å². The quantitative estimate of drug-likeness (QED) is 0.0180. The lowest BCUT2D eigenvalue weighted by atomic mass is 9.89. The second-order valence-electron chi connectivity index (χ2n) is 17.4. The van der Waals surface area contributed by atoms with E-state index in [1.54, 1.807) is 6.08 Å². The van der Waals surface area contributed by atoms with E-state index < -0.39 is 50.8 Å². The van der Waals surface area contributed by atoms with E-state index in [0.29, 0.717) is 49.6 Å². The minimum absolute atomic E-state index is 0.0709. The number of rotatable bonds is 37. The lowest BCUT2D eigenvalue weighted by Gasteiger charge is -2.28. The standard InChI is InChI=1S/C46H84NO11P/c1-6-8-10-11-12-13-14-15-16-17-18-19-20-21-27-31-46(52)58-40(38-57-59(53,54)56-35-34-47(3,4)5)37-55-45(51)30-26-23-22-25-29-41-42(44(50)36-43(41)49)33-32-39(48)28-24-9-7-2/h13-14,22,25,32-33,39-44,48-50H,6-12,15-21,23-24,26-31,34-38H2,1-5H3/b14-13-,25-22+,33-32+/t39-,40+,41+,42+,43-,44+/m0/s1. The fourth-order valence-electron chi connectivity index (χ4n) is 7.00. The maximum Gasteiger partial charge on any atom is 0.306 e. The van der Waals surface area contributed by atoms with E-state index in [1.165, 1.54) is 51.4 Å². The number of ether oxygens (including phenoxy) is 2. The monoisotopic (exact) mass is 858 g/mol. The summed E-state index contributed by atoms with van der Waals surface area (Å²) in [5.41, 5.74) is 0. The van der Waals surface area contributed by atoms with Crippen LogP contribution in [0.15, 0.2) is 36.5 Å².